The molecule has 3 rings (SSSR count). The molecule has 0 aromatic heterocycles. The van der Waals surface area contributed by atoms with Crippen LogP contribution in [-0.2, 0) is 14.3 Å². The number of rotatable bonds is 3. The zero-order valence-electron chi connectivity index (χ0n) is 14.4. The maximum Gasteiger partial charge on any atom is 0.356 e. The number of ether oxygens (including phenoxy) is 2. The van der Waals surface area contributed by atoms with Crippen LogP contribution in [0.1, 0.15) is 58.9 Å². The van der Waals surface area contributed by atoms with Gasteiger partial charge in [0.25, 0.3) is 0 Å². The van der Waals surface area contributed by atoms with Crippen molar-refractivity contribution in [2.75, 3.05) is 0 Å². The van der Waals surface area contributed by atoms with Crippen molar-refractivity contribution in [2.45, 2.75) is 59.0 Å². The summed E-state index contributed by atoms with van der Waals surface area (Å²) in [6.07, 6.45) is 1.17. The highest BCUT2D eigenvalue weighted by atomic mass is 16.6. The van der Waals surface area contributed by atoms with Gasteiger partial charge in [-0.15, -0.1) is 0 Å². The molecule has 2 aliphatic rings. The second kappa shape index (κ2) is 4.83. The van der Waals surface area contributed by atoms with E-state index in [1.54, 1.807) is 12.1 Å². The van der Waals surface area contributed by atoms with Crippen LogP contribution >= 0.6 is 0 Å². The Hall–Kier alpha value is -1.84. The molecule has 2 unspecified atom stereocenters. The van der Waals surface area contributed by atoms with Crippen LogP contribution in [0.4, 0.5) is 0 Å². The van der Waals surface area contributed by atoms with E-state index in [9.17, 15) is 9.59 Å². The van der Waals surface area contributed by atoms with Gasteiger partial charge in [0.1, 0.15) is 5.75 Å². The molecule has 1 heterocycles. The average molecular weight is 316 g/mol. The summed E-state index contributed by atoms with van der Waals surface area (Å²) in [7, 11) is 0. The molecule has 0 N–H and O–H groups in total. The summed E-state index contributed by atoms with van der Waals surface area (Å²) >= 11 is 0. The van der Waals surface area contributed by atoms with Gasteiger partial charge in [-0.1, -0.05) is 39.8 Å². The van der Waals surface area contributed by atoms with Gasteiger partial charge < -0.3 is 9.47 Å². The highest BCUT2D eigenvalue weighted by molar-refractivity contribution is 5.94. The smallest absolute Gasteiger partial charge is 0.356 e. The Bertz CT molecular complexity index is 658. The van der Waals surface area contributed by atoms with E-state index in [-0.39, 0.29) is 5.97 Å². The third kappa shape index (κ3) is 1.97. The predicted octanol–water partition coefficient (Wildman–Crippen LogP) is 3.84. The minimum Gasteiger partial charge on any atom is -0.446 e. The molecular weight excluding hydrogens is 292 g/mol. The predicted molar refractivity (Wildman–Crippen MR) is 86.1 cm³/mol. The summed E-state index contributed by atoms with van der Waals surface area (Å²) < 4.78 is 11.1. The first-order valence-corrected chi connectivity index (χ1v) is 8.20. The molecule has 0 radical (unpaired) electrons. The molecule has 0 amide bonds. The molecule has 23 heavy (non-hydrogen) atoms. The quantitative estimate of drug-likeness (QED) is 0.628. The minimum absolute atomic E-state index is 0.291. The number of fused-ring (bicyclic) bond motifs is 2. The maximum atomic E-state index is 12.8. The van der Waals surface area contributed by atoms with Crippen LogP contribution < -0.4 is 4.74 Å². The number of esters is 2. The van der Waals surface area contributed by atoms with Crippen LogP contribution in [0.3, 0.4) is 0 Å². The van der Waals surface area contributed by atoms with Crippen molar-refractivity contribution in [1.29, 1.82) is 0 Å². The molecule has 4 heteroatoms. The summed E-state index contributed by atoms with van der Waals surface area (Å²) in [5.41, 5.74) is -1.18. The van der Waals surface area contributed by atoms with E-state index in [0.29, 0.717) is 24.5 Å². The number of benzene rings is 1. The molecule has 1 aliphatic carbocycles. The Morgan fingerprint density at radius 2 is 1.74 bits per heavy atom. The van der Waals surface area contributed by atoms with Crippen molar-refractivity contribution in [1.82, 2.24) is 0 Å². The first-order chi connectivity index (χ1) is 10.6. The fourth-order valence-corrected chi connectivity index (χ4v) is 3.81. The molecule has 2 bridgehead atoms. The zero-order chi connectivity index (χ0) is 17.0. The Morgan fingerprint density at radius 1 is 1.13 bits per heavy atom. The normalized spacial score (nSPS) is 31.3. The largest absolute Gasteiger partial charge is 0.446 e. The van der Waals surface area contributed by atoms with Gasteiger partial charge in [-0.05, 0) is 43.4 Å². The number of hydrogen-bond acceptors (Lipinski definition) is 4. The third-order valence-electron chi connectivity index (χ3n) is 6.17. The Kier molecular flexibility index (Phi) is 3.36. The Morgan fingerprint density at radius 3 is 2.17 bits per heavy atom. The van der Waals surface area contributed by atoms with E-state index in [1.165, 1.54) is 5.56 Å². The molecule has 1 saturated heterocycles. The van der Waals surface area contributed by atoms with E-state index >= 15 is 0 Å². The fraction of sp³-hybridized carbons (Fsp3) is 0.579. The highest BCUT2D eigenvalue weighted by Crippen LogP contribution is 2.65. The van der Waals surface area contributed by atoms with Gasteiger partial charge in [0, 0.05) is 5.41 Å². The van der Waals surface area contributed by atoms with E-state index in [0.717, 1.165) is 0 Å². The van der Waals surface area contributed by atoms with Crippen molar-refractivity contribution in [3.05, 3.63) is 29.8 Å². The van der Waals surface area contributed by atoms with Crippen molar-refractivity contribution in [3.63, 3.8) is 0 Å². The van der Waals surface area contributed by atoms with Crippen molar-refractivity contribution in [2.24, 2.45) is 10.8 Å². The summed E-state index contributed by atoms with van der Waals surface area (Å²) in [5.74, 6) is 0.153. The highest BCUT2D eigenvalue weighted by Gasteiger charge is 2.76. The average Bonchev–Trinajstić information content (AvgIpc) is 2.78. The summed E-state index contributed by atoms with van der Waals surface area (Å²) in [4.78, 5) is 25.0. The van der Waals surface area contributed by atoms with Gasteiger partial charge in [0.15, 0.2) is 0 Å². The fourth-order valence-electron chi connectivity index (χ4n) is 3.81. The van der Waals surface area contributed by atoms with E-state index in [4.69, 9.17) is 9.47 Å². The van der Waals surface area contributed by atoms with Gasteiger partial charge in [0.05, 0.1) is 5.41 Å². The van der Waals surface area contributed by atoms with Crippen LogP contribution in [-0.4, -0.2) is 17.5 Å². The van der Waals surface area contributed by atoms with Gasteiger partial charge in [-0.3, -0.25) is 4.79 Å². The SMILES string of the molecule is CC(C)c1ccc(OC(=O)C23CCC(C)(C(=O)O2)C3(C)C)cc1. The summed E-state index contributed by atoms with van der Waals surface area (Å²) in [6.45, 7) is 9.95. The summed E-state index contributed by atoms with van der Waals surface area (Å²) in [5, 5.41) is 0. The molecular formula is C19H24O4. The number of carbonyl (C=O) groups is 2. The molecule has 124 valence electrons. The second-order valence-corrected chi connectivity index (χ2v) is 7.79. The van der Waals surface area contributed by atoms with Gasteiger partial charge in [-0.25, -0.2) is 4.79 Å². The molecule has 4 nitrogen and oxygen atoms in total. The molecule has 1 aliphatic heterocycles. The van der Waals surface area contributed by atoms with Gasteiger partial charge in [0.2, 0.25) is 5.60 Å². The van der Waals surface area contributed by atoms with Crippen LogP contribution in [0, 0.1) is 10.8 Å². The van der Waals surface area contributed by atoms with E-state index in [2.05, 4.69) is 13.8 Å². The van der Waals surface area contributed by atoms with E-state index in [1.807, 2.05) is 32.9 Å². The lowest BCUT2D eigenvalue weighted by Gasteiger charge is -2.34. The summed E-state index contributed by atoms with van der Waals surface area (Å²) in [6, 6.07) is 7.49. The van der Waals surface area contributed by atoms with Crippen molar-refractivity contribution in [3.8, 4) is 5.75 Å². The lowest BCUT2D eigenvalue weighted by Crippen LogP contribution is -2.50. The number of carbonyl (C=O) groups excluding carboxylic acids is 2. The molecule has 2 atom stereocenters. The molecule has 1 aromatic carbocycles. The van der Waals surface area contributed by atoms with Crippen LogP contribution in [0.5, 0.6) is 5.75 Å². The Labute approximate surface area is 137 Å². The van der Waals surface area contributed by atoms with Crippen LogP contribution in [0.15, 0.2) is 24.3 Å². The zero-order valence-corrected chi connectivity index (χ0v) is 14.4. The molecule has 0 spiro atoms. The lowest BCUT2D eigenvalue weighted by atomic mass is 9.66. The van der Waals surface area contributed by atoms with Crippen molar-refractivity contribution < 1.29 is 19.1 Å². The Balaban J connectivity index is 1.85. The third-order valence-corrected chi connectivity index (χ3v) is 6.17. The van der Waals surface area contributed by atoms with Gasteiger partial charge in [-0.2, -0.15) is 0 Å². The molecule has 1 aromatic rings. The maximum absolute atomic E-state index is 12.8. The minimum atomic E-state index is -1.17. The topological polar surface area (TPSA) is 52.6 Å². The number of hydrogen-bond donors (Lipinski definition) is 0. The monoisotopic (exact) mass is 316 g/mol. The standard InChI is InChI=1S/C19H24O4/c1-12(2)13-6-8-14(9-7-13)22-16(21)19-11-10-18(5,15(20)23-19)17(19,3)4/h6-9,12H,10-11H2,1-5H3. The van der Waals surface area contributed by atoms with E-state index < -0.39 is 22.4 Å². The second-order valence-electron chi connectivity index (χ2n) is 7.79. The van der Waals surface area contributed by atoms with Crippen molar-refractivity contribution >= 4 is 11.9 Å². The first kappa shape index (κ1) is 16.0. The van der Waals surface area contributed by atoms with Crippen LogP contribution in [0.25, 0.3) is 0 Å². The lowest BCUT2D eigenvalue weighted by molar-refractivity contribution is -0.176. The van der Waals surface area contributed by atoms with Gasteiger partial charge >= 0.3 is 11.9 Å². The molecule has 2 fully saturated rings. The molecule has 1 saturated carbocycles. The first-order valence-electron chi connectivity index (χ1n) is 8.20. The van der Waals surface area contributed by atoms with Crippen LogP contribution in [0.2, 0.25) is 0 Å².